The first-order chi connectivity index (χ1) is 12.7. The molecule has 3 rings (SSSR count). The Kier molecular flexibility index (Phi) is 6.07. The molecule has 0 fully saturated rings. The number of alkyl halides is 2. The van der Waals surface area contributed by atoms with Crippen molar-refractivity contribution in [2.45, 2.75) is 32.9 Å². The van der Waals surface area contributed by atoms with Gasteiger partial charge in [-0.2, -0.15) is 0 Å². The Morgan fingerprint density at radius 3 is 2.50 bits per heavy atom. The number of para-hydroxylation sites is 1. The Morgan fingerprint density at radius 2 is 1.73 bits per heavy atom. The van der Waals surface area contributed by atoms with E-state index in [1.165, 1.54) is 0 Å². The molecule has 0 aliphatic rings. The summed E-state index contributed by atoms with van der Waals surface area (Å²) >= 11 is 0. The van der Waals surface area contributed by atoms with Gasteiger partial charge in [-0.3, -0.25) is 0 Å². The minimum Gasteiger partial charge on any atom is -0.377 e. The van der Waals surface area contributed by atoms with Gasteiger partial charge in [-0.25, -0.2) is 18.7 Å². The molecule has 4 nitrogen and oxygen atoms in total. The number of nitrogens with one attached hydrogen (secondary N) is 1. The summed E-state index contributed by atoms with van der Waals surface area (Å²) < 4.78 is 31.8. The number of hydrogen-bond donors (Lipinski definition) is 1. The van der Waals surface area contributed by atoms with E-state index in [1.54, 1.807) is 12.1 Å². The van der Waals surface area contributed by atoms with Crippen LogP contribution in [-0.2, 0) is 17.9 Å². The third kappa shape index (κ3) is 4.32. The zero-order chi connectivity index (χ0) is 18.4. The average molecular weight is 357 g/mol. The van der Waals surface area contributed by atoms with E-state index in [-0.39, 0.29) is 0 Å². The van der Waals surface area contributed by atoms with E-state index >= 15 is 0 Å². The predicted octanol–water partition coefficient (Wildman–Crippen LogP) is 5.11. The Morgan fingerprint density at radius 1 is 1.00 bits per heavy atom. The van der Waals surface area contributed by atoms with Crippen molar-refractivity contribution in [2.75, 3.05) is 11.9 Å². The third-order valence-electron chi connectivity index (χ3n) is 3.99. The second-order valence-electron chi connectivity index (χ2n) is 5.92. The molecule has 0 saturated heterocycles. The number of fused-ring (bicyclic) bond motifs is 1. The van der Waals surface area contributed by atoms with Gasteiger partial charge in [0.15, 0.2) is 5.82 Å². The van der Waals surface area contributed by atoms with Gasteiger partial charge in [0.2, 0.25) is 0 Å². The Bertz CT molecular complexity index is 871. The largest absolute Gasteiger partial charge is 0.377 e. The minimum atomic E-state index is -2.71. The highest BCUT2D eigenvalue weighted by Gasteiger charge is 2.15. The average Bonchev–Trinajstić information content (AvgIpc) is 2.67. The molecule has 0 saturated carbocycles. The SMILES string of the molecule is CCCOCc1ccccc1CNc1nc(C(F)F)nc2ccccc12. The monoisotopic (exact) mass is 357 g/mol. The van der Waals surface area contributed by atoms with Crippen LogP contribution >= 0.6 is 0 Å². The lowest BCUT2D eigenvalue weighted by atomic mass is 10.1. The molecule has 0 amide bonds. The van der Waals surface area contributed by atoms with Crippen LogP contribution in [0.15, 0.2) is 48.5 Å². The van der Waals surface area contributed by atoms with Gasteiger partial charge in [0.05, 0.1) is 12.1 Å². The fraction of sp³-hybridized carbons (Fsp3) is 0.300. The molecule has 0 atom stereocenters. The Labute approximate surface area is 151 Å². The Balaban J connectivity index is 1.84. The minimum absolute atomic E-state index is 0.412. The van der Waals surface area contributed by atoms with Crippen LogP contribution in [0.5, 0.6) is 0 Å². The molecule has 0 unspecified atom stereocenters. The van der Waals surface area contributed by atoms with Gasteiger partial charge in [-0.15, -0.1) is 0 Å². The standard InChI is InChI=1S/C20H21F2N3O/c1-2-11-26-13-15-8-4-3-7-14(15)12-23-19-16-9-5-6-10-17(16)24-20(25-19)18(21)22/h3-10,18H,2,11-13H2,1H3,(H,23,24,25). The number of halogens is 2. The molecule has 136 valence electrons. The van der Waals surface area contributed by atoms with E-state index in [2.05, 4.69) is 22.2 Å². The first-order valence-corrected chi connectivity index (χ1v) is 8.62. The first kappa shape index (κ1) is 18.2. The quantitative estimate of drug-likeness (QED) is 0.569. The maximum absolute atomic E-state index is 13.1. The number of ether oxygens (including phenoxy) is 1. The van der Waals surface area contributed by atoms with Crippen molar-refractivity contribution in [3.05, 3.63) is 65.5 Å². The van der Waals surface area contributed by atoms with Gasteiger partial charge >= 0.3 is 0 Å². The van der Waals surface area contributed by atoms with Crippen molar-refractivity contribution < 1.29 is 13.5 Å². The van der Waals surface area contributed by atoms with E-state index in [4.69, 9.17) is 4.74 Å². The maximum atomic E-state index is 13.1. The summed E-state index contributed by atoms with van der Waals surface area (Å²) in [7, 11) is 0. The van der Waals surface area contributed by atoms with Crippen LogP contribution in [0.1, 0.15) is 36.7 Å². The van der Waals surface area contributed by atoms with Crippen LogP contribution in [0.25, 0.3) is 10.9 Å². The fourth-order valence-electron chi connectivity index (χ4n) is 2.70. The summed E-state index contributed by atoms with van der Waals surface area (Å²) in [6.07, 6.45) is -1.75. The number of rotatable bonds is 8. The molecule has 2 aromatic carbocycles. The highest BCUT2D eigenvalue weighted by molar-refractivity contribution is 5.89. The number of anilines is 1. The molecule has 1 heterocycles. The van der Waals surface area contributed by atoms with Crippen LogP contribution < -0.4 is 5.32 Å². The van der Waals surface area contributed by atoms with Crippen LogP contribution in [0.3, 0.4) is 0 Å². The van der Waals surface area contributed by atoms with Crippen LogP contribution in [0.4, 0.5) is 14.6 Å². The summed E-state index contributed by atoms with van der Waals surface area (Å²) in [4.78, 5) is 7.95. The van der Waals surface area contributed by atoms with Crippen LogP contribution in [0, 0.1) is 0 Å². The summed E-state index contributed by atoms with van der Waals surface area (Å²) in [5.74, 6) is -0.0547. The number of hydrogen-bond acceptors (Lipinski definition) is 4. The second kappa shape index (κ2) is 8.67. The zero-order valence-corrected chi connectivity index (χ0v) is 14.6. The number of aromatic nitrogens is 2. The molecule has 1 N–H and O–H groups in total. The van der Waals surface area contributed by atoms with Crippen molar-refractivity contribution in [1.82, 2.24) is 9.97 Å². The second-order valence-corrected chi connectivity index (χ2v) is 5.92. The van der Waals surface area contributed by atoms with Crippen molar-refractivity contribution in [2.24, 2.45) is 0 Å². The van der Waals surface area contributed by atoms with Crippen molar-refractivity contribution in [1.29, 1.82) is 0 Å². The van der Waals surface area contributed by atoms with Gasteiger partial charge in [0.1, 0.15) is 5.82 Å². The molecule has 0 bridgehead atoms. The summed E-state index contributed by atoms with van der Waals surface area (Å²) in [6, 6.07) is 15.1. The Hall–Kier alpha value is -2.60. The van der Waals surface area contributed by atoms with Crippen molar-refractivity contribution in [3.8, 4) is 0 Å². The van der Waals surface area contributed by atoms with E-state index in [1.807, 2.05) is 36.4 Å². The van der Waals surface area contributed by atoms with E-state index in [0.29, 0.717) is 31.1 Å². The van der Waals surface area contributed by atoms with Crippen LogP contribution in [-0.4, -0.2) is 16.6 Å². The van der Waals surface area contributed by atoms with Crippen LogP contribution in [0.2, 0.25) is 0 Å². The smallest absolute Gasteiger partial charge is 0.297 e. The molecule has 26 heavy (non-hydrogen) atoms. The molecule has 0 aliphatic carbocycles. The summed E-state index contributed by atoms with van der Waals surface area (Å²) in [6.45, 7) is 3.76. The van der Waals surface area contributed by atoms with E-state index in [9.17, 15) is 8.78 Å². The third-order valence-corrected chi connectivity index (χ3v) is 3.99. The van der Waals surface area contributed by atoms with Crippen molar-refractivity contribution in [3.63, 3.8) is 0 Å². The molecule has 0 spiro atoms. The van der Waals surface area contributed by atoms with Crippen molar-refractivity contribution >= 4 is 16.7 Å². The fourth-order valence-corrected chi connectivity index (χ4v) is 2.70. The molecule has 3 aromatic rings. The van der Waals surface area contributed by atoms with Gasteiger partial charge in [0.25, 0.3) is 6.43 Å². The molecule has 0 radical (unpaired) electrons. The first-order valence-electron chi connectivity index (χ1n) is 8.62. The number of benzene rings is 2. The van der Waals surface area contributed by atoms with Gasteiger partial charge in [0, 0.05) is 18.5 Å². The van der Waals surface area contributed by atoms with Gasteiger partial charge < -0.3 is 10.1 Å². The molecule has 6 heteroatoms. The molecule has 0 aliphatic heterocycles. The normalized spacial score (nSPS) is 11.2. The zero-order valence-electron chi connectivity index (χ0n) is 14.6. The highest BCUT2D eigenvalue weighted by atomic mass is 19.3. The van der Waals surface area contributed by atoms with E-state index < -0.39 is 12.2 Å². The number of nitrogens with zero attached hydrogens (tertiary/aromatic N) is 2. The lowest BCUT2D eigenvalue weighted by molar-refractivity contribution is 0.121. The lowest BCUT2D eigenvalue weighted by Crippen LogP contribution is -2.08. The summed E-state index contributed by atoms with van der Waals surface area (Å²) in [5.41, 5.74) is 2.62. The topological polar surface area (TPSA) is 47.0 Å². The molecular weight excluding hydrogens is 336 g/mol. The summed E-state index contributed by atoms with van der Waals surface area (Å²) in [5, 5.41) is 3.91. The molecular formula is C20H21F2N3O. The molecule has 1 aromatic heterocycles. The maximum Gasteiger partial charge on any atom is 0.297 e. The highest BCUT2D eigenvalue weighted by Crippen LogP contribution is 2.25. The lowest BCUT2D eigenvalue weighted by Gasteiger charge is -2.13. The van der Waals surface area contributed by atoms with Gasteiger partial charge in [-0.05, 0) is 29.7 Å². The van der Waals surface area contributed by atoms with E-state index in [0.717, 1.165) is 22.9 Å². The predicted molar refractivity (Wildman–Crippen MR) is 98.2 cm³/mol. The van der Waals surface area contributed by atoms with Gasteiger partial charge in [-0.1, -0.05) is 43.3 Å².